The van der Waals surface area contributed by atoms with Gasteiger partial charge in [-0.05, 0) is 33.8 Å². The Hall–Kier alpha value is -0.780. The molecular weight excluding hydrogens is 319 g/mol. The van der Waals surface area contributed by atoms with Gasteiger partial charge in [0.15, 0.2) is 0 Å². The van der Waals surface area contributed by atoms with Crippen LogP contribution in [0.1, 0.15) is 38.1 Å². The number of amides is 2. The van der Waals surface area contributed by atoms with Gasteiger partial charge in [-0.3, -0.25) is 9.59 Å². The molecule has 0 saturated heterocycles. The fourth-order valence-electron chi connectivity index (χ4n) is 1.61. The highest BCUT2D eigenvalue weighted by molar-refractivity contribution is 7.20. The Bertz CT molecular complexity index is 509. The van der Waals surface area contributed by atoms with Gasteiger partial charge in [0.05, 0.1) is 16.4 Å². The molecule has 4 nitrogen and oxygen atoms in total. The average molecular weight is 337 g/mol. The van der Waals surface area contributed by atoms with E-state index in [9.17, 15) is 9.59 Å². The minimum Gasteiger partial charge on any atom is -0.350 e. The van der Waals surface area contributed by atoms with Gasteiger partial charge < -0.3 is 10.2 Å². The predicted molar refractivity (Wildman–Crippen MR) is 83.8 cm³/mol. The fraction of sp³-hybridized carbons (Fsp3) is 0.538. The van der Waals surface area contributed by atoms with Gasteiger partial charge in [-0.15, -0.1) is 11.3 Å². The van der Waals surface area contributed by atoms with Crippen LogP contribution in [-0.4, -0.2) is 35.3 Å². The van der Waals surface area contributed by atoms with Crippen LogP contribution in [0.5, 0.6) is 0 Å². The number of carbonyl (C=O) groups excluding carboxylic acids is 2. The topological polar surface area (TPSA) is 49.4 Å². The van der Waals surface area contributed by atoms with Gasteiger partial charge in [0, 0.05) is 12.1 Å². The van der Waals surface area contributed by atoms with Crippen LogP contribution in [0, 0.1) is 0 Å². The Morgan fingerprint density at radius 1 is 1.35 bits per heavy atom. The number of hydrogen-bond acceptors (Lipinski definition) is 3. The maximum Gasteiger partial charge on any atom is 0.256 e. The zero-order chi connectivity index (χ0) is 15.5. The van der Waals surface area contributed by atoms with Gasteiger partial charge in [-0.25, -0.2) is 0 Å². The van der Waals surface area contributed by atoms with Crippen molar-refractivity contribution in [1.82, 2.24) is 10.2 Å². The van der Waals surface area contributed by atoms with E-state index in [0.29, 0.717) is 20.8 Å². The van der Waals surface area contributed by atoms with Crippen LogP contribution in [0.4, 0.5) is 0 Å². The minimum absolute atomic E-state index is 0.00357. The largest absolute Gasteiger partial charge is 0.350 e. The van der Waals surface area contributed by atoms with Crippen molar-refractivity contribution in [2.45, 2.75) is 33.2 Å². The van der Waals surface area contributed by atoms with Crippen molar-refractivity contribution >= 4 is 46.4 Å². The molecule has 2 amide bonds. The van der Waals surface area contributed by atoms with E-state index >= 15 is 0 Å². The number of rotatable bonds is 4. The third-order valence-corrected chi connectivity index (χ3v) is 3.89. The van der Waals surface area contributed by atoms with E-state index in [-0.39, 0.29) is 23.9 Å². The van der Waals surface area contributed by atoms with E-state index in [1.54, 1.807) is 0 Å². The molecule has 0 atom stereocenters. The third kappa shape index (κ3) is 4.96. The Morgan fingerprint density at radius 2 is 1.95 bits per heavy atom. The maximum absolute atomic E-state index is 12.3. The summed E-state index contributed by atoms with van der Waals surface area (Å²) >= 11 is 12.9. The van der Waals surface area contributed by atoms with Crippen LogP contribution in [0.15, 0.2) is 6.07 Å². The van der Waals surface area contributed by atoms with Crippen molar-refractivity contribution in [3.63, 3.8) is 0 Å². The van der Waals surface area contributed by atoms with Crippen LogP contribution < -0.4 is 5.32 Å². The molecule has 0 bridgehead atoms. The Labute approximate surface area is 133 Å². The number of carbonyl (C=O) groups is 2. The molecule has 0 aliphatic carbocycles. The second kappa shape index (κ2) is 6.78. The Kier molecular flexibility index (Phi) is 5.86. The lowest BCUT2D eigenvalue weighted by atomic mass is 10.1. The van der Waals surface area contributed by atoms with Gasteiger partial charge in [0.1, 0.15) is 4.34 Å². The molecule has 0 aliphatic rings. The predicted octanol–water partition coefficient (Wildman–Crippen LogP) is 3.43. The van der Waals surface area contributed by atoms with Crippen molar-refractivity contribution in [3.8, 4) is 0 Å². The molecule has 0 aromatic carbocycles. The number of thiophene rings is 1. The maximum atomic E-state index is 12.3. The first kappa shape index (κ1) is 17.3. The average Bonchev–Trinajstić information content (AvgIpc) is 2.62. The smallest absolute Gasteiger partial charge is 0.256 e. The Morgan fingerprint density at radius 3 is 2.35 bits per heavy atom. The molecule has 0 spiro atoms. The zero-order valence-corrected chi connectivity index (χ0v) is 14.2. The van der Waals surface area contributed by atoms with Crippen LogP contribution in [0.2, 0.25) is 8.67 Å². The number of halogens is 2. The summed E-state index contributed by atoms with van der Waals surface area (Å²) in [6.07, 6.45) is 0. The quantitative estimate of drug-likeness (QED) is 0.915. The zero-order valence-electron chi connectivity index (χ0n) is 11.9. The second-order valence-electron chi connectivity index (χ2n) is 5.36. The first-order valence-corrected chi connectivity index (χ1v) is 7.76. The summed E-state index contributed by atoms with van der Waals surface area (Å²) in [5, 5.41) is 2.82. The highest BCUT2D eigenvalue weighted by atomic mass is 35.5. The van der Waals surface area contributed by atoms with E-state index in [0.717, 1.165) is 11.3 Å². The SMILES string of the molecule is CCN(CC(=O)NC(C)(C)C)C(=O)c1cc(Cl)sc1Cl. The van der Waals surface area contributed by atoms with Gasteiger partial charge in [0.25, 0.3) is 5.91 Å². The molecule has 1 aromatic heterocycles. The van der Waals surface area contributed by atoms with Gasteiger partial charge >= 0.3 is 0 Å². The highest BCUT2D eigenvalue weighted by Gasteiger charge is 2.23. The summed E-state index contributed by atoms with van der Waals surface area (Å²) in [6.45, 7) is 7.89. The first-order valence-electron chi connectivity index (χ1n) is 6.19. The van der Waals surface area contributed by atoms with E-state index in [1.807, 2.05) is 27.7 Å². The second-order valence-corrected chi connectivity index (χ2v) is 7.64. The molecule has 0 aliphatic heterocycles. The Balaban J connectivity index is 2.78. The van der Waals surface area contributed by atoms with E-state index in [1.165, 1.54) is 11.0 Å². The standard InChI is InChI=1S/C13H18Cl2N2O2S/c1-5-17(7-10(18)16-13(2,3)4)12(19)8-6-9(14)20-11(8)15/h6H,5,7H2,1-4H3,(H,16,18). The van der Waals surface area contributed by atoms with E-state index in [2.05, 4.69) is 5.32 Å². The van der Waals surface area contributed by atoms with Crippen molar-refractivity contribution in [3.05, 3.63) is 20.3 Å². The molecule has 112 valence electrons. The number of hydrogen-bond donors (Lipinski definition) is 1. The van der Waals surface area contributed by atoms with Gasteiger partial charge in [-0.2, -0.15) is 0 Å². The molecule has 1 aromatic rings. The summed E-state index contributed by atoms with van der Waals surface area (Å²) in [6, 6.07) is 1.53. The molecule has 1 heterocycles. The number of nitrogens with zero attached hydrogens (tertiary/aromatic N) is 1. The molecule has 1 N–H and O–H groups in total. The van der Waals surface area contributed by atoms with Crippen LogP contribution in [0.3, 0.4) is 0 Å². The summed E-state index contributed by atoms with van der Waals surface area (Å²) in [5.74, 6) is -0.491. The van der Waals surface area contributed by atoms with Gasteiger partial charge in [0.2, 0.25) is 5.91 Å². The molecule has 1 rings (SSSR count). The van der Waals surface area contributed by atoms with Crippen LogP contribution in [-0.2, 0) is 4.79 Å². The normalized spacial score (nSPS) is 11.3. The van der Waals surface area contributed by atoms with E-state index in [4.69, 9.17) is 23.2 Å². The van der Waals surface area contributed by atoms with Crippen molar-refractivity contribution in [1.29, 1.82) is 0 Å². The number of likely N-dealkylation sites (N-methyl/N-ethyl adjacent to an activating group) is 1. The molecular formula is C13H18Cl2N2O2S. The first-order chi connectivity index (χ1) is 9.14. The van der Waals surface area contributed by atoms with E-state index < -0.39 is 0 Å². The molecule has 0 saturated carbocycles. The molecule has 7 heteroatoms. The summed E-state index contributed by atoms with van der Waals surface area (Å²) in [5.41, 5.74) is 0.00940. The van der Waals surface area contributed by atoms with Crippen molar-refractivity contribution in [2.75, 3.05) is 13.1 Å². The minimum atomic E-state index is -0.330. The van der Waals surface area contributed by atoms with Crippen LogP contribution in [0.25, 0.3) is 0 Å². The van der Waals surface area contributed by atoms with Crippen molar-refractivity contribution in [2.24, 2.45) is 0 Å². The molecule has 0 fully saturated rings. The molecule has 0 radical (unpaired) electrons. The lowest BCUT2D eigenvalue weighted by molar-refractivity contribution is -0.123. The lowest BCUT2D eigenvalue weighted by Crippen LogP contribution is -2.47. The summed E-state index contributed by atoms with van der Waals surface area (Å²) < 4.78 is 0.795. The summed E-state index contributed by atoms with van der Waals surface area (Å²) in [7, 11) is 0. The summed E-state index contributed by atoms with van der Waals surface area (Å²) in [4.78, 5) is 25.6. The third-order valence-electron chi connectivity index (χ3n) is 2.40. The van der Waals surface area contributed by atoms with Gasteiger partial charge in [-0.1, -0.05) is 23.2 Å². The monoisotopic (exact) mass is 336 g/mol. The molecule has 0 unspecified atom stereocenters. The van der Waals surface area contributed by atoms with Crippen molar-refractivity contribution < 1.29 is 9.59 Å². The molecule has 20 heavy (non-hydrogen) atoms. The number of nitrogens with one attached hydrogen (secondary N) is 1. The van der Waals surface area contributed by atoms with Crippen LogP contribution >= 0.6 is 34.5 Å². The fourth-order valence-corrected chi connectivity index (χ4v) is 3.06. The highest BCUT2D eigenvalue weighted by Crippen LogP contribution is 2.31. The lowest BCUT2D eigenvalue weighted by Gasteiger charge is -2.25.